The lowest BCUT2D eigenvalue weighted by Gasteiger charge is -2.30. The van der Waals surface area contributed by atoms with Crippen LogP contribution in [0.15, 0.2) is 35.2 Å². The number of hydrogen-bond acceptors (Lipinski definition) is 7. The minimum Gasteiger partial charge on any atom is -0.490 e. The molecule has 1 saturated heterocycles. The van der Waals surface area contributed by atoms with Crippen molar-refractivity contribution in [3.05, 3.63) is 52.1 Å². The van der Waals surface area contributed by atoms with Gasteiger partial charge in [0.1, 0.15) is 5.69 Å². The quantitative estimate of drug-likeness (QED) is 0.497. The van der Waals surface area contributed by atoms with Crippen LogP contribution in [0.5, 0.6) is 11.5 Å². The Morgan fingerprint density at radius 2 is 1.71 bits per heavy atom. The van der Waals surface area contributed by atoms with Crippen LogP contribution in [0.1, 0.15) is 19.3 Å². The zero-order chi connectivity index (χ0) is 24.5. The number of carbonyl (C=O) groups is 1. The van der Waals surface area contributed by atoms with Crippen LogP contribution >= 0.6 is 0 Å². The zero-order valence-electron chi connectivity index (χ0n) is 17.8. The molecule has 0 aliphatic carbocycles. The van der Waals surface area contributed by atoms with Gasteiger partial charge in [-0.3, -0.25) is 14.9 Å². The second-order valence-electron chi connectivity index (χ2n) is 7.87. The summed E-state index contributed by atoms with van der Waals surface area (Å²) < 4.78 is 65.4. The van der Waals surface area contributed by atoms with Gasteiger partial charge in [-0.25, -0.2) is 17.2 Å². The summed E-state index contributed by atoms with van der Waals surface area (Å²) in [6, 6.07) is 5.34. The fourth-order valence-corrected chi connectivity index (χ4v) is 5.32. The predicted molar refractivity (Wildman–Crippen MR) is 115 cm³/mol. The second-order valence-corrected chi connectivity index (χ2v) is 9.81. The lowest BCUT2D eigenvalue weighted by atomic mass is 9.97. The first-order valence-corrected chi connectivity index (χ1v) is 11.9. The Bertz CT molecular complexity index is 1230. The lowest BCUT2D eigenvalue weighted by molar-refractivity contribution is -0.384. The van der Waals surface area contributed by atoms with E-state index < -0.39 is 49.8 Å². The van der Waals surface area contributed by atoms with Crippen LogP contribution in [-0.4, -0.2) is 49.9 Å². The van der Waals surface area contributed by atoms with Gasteiger partial charge in [-0.2, -0.15) is 4.31 Å². The van der Waals surface area contributed by atoms with Crippen molar-refractivity contribution in [2.75, 3.05) is 31.6 Å². The molecular formula is C21H21F2N3O7S. The van der Waals surface area contributed by atoms with E-state index in [0.29, 0.717) is 43.3 Å². The van der Waals surface area contributed by atoms with Gasteiger partial charge in [0.25, 0.3) is 5.69 Å². The maximum absolute atomic E-state index is 13.5. The van der Waals surface area contributed by atoms with Crippen molar-refractivity contribution < 1.29 is 36.4 Å². The molecule has 0 spiro atoms. The molecule has 1 N–H and O–H groups in total. The number of amides is 1. The van der Waals surface area contributed by atoms with Crippen molar-refractivity contribution in [2.24, 2.45) is 5.92 Å². The third-order valence-electron chi connectivity index (χ3n) is 5.67. The molecule has 2 heterocycles. The first-order valence-electron chi connectivity index (χ1n) is 10.5. The van der Waals surface area contributed by atoms with E-state index in [-0.39, 0.29) is 30.8 Å². The van der Waals surface area contributed by atoms with Gasteiger partial charge in [-0.05, 0) is 25.0 Å². The monoisotopic (exact) mass is 497 g/mol. The van der Waals surface area contributed by atoms with Crippen LogP contribution in [-0.2, 0) is 14.8 Å². The third-order valence-corrected chi connectivity index (χ3v) is 7.57. The molecule has 0 unspecified atom stereocenters. The van der Waals surface area contributed by atoms with E-state index in [1.54, 1.807) is 6.07 Å². The van der Waals surface area contributed by atoms with Gasteiger partial charge in [0.05, 0.1) is 29.1 Å². The summed E-state index contributed by atoms with van der Waals surface area (Å²) in [5.74, 6) is -3.22. The summed E-state index contributed by atoms with van der Waals surface area (Å²) in [6.45, 7) is 0.957. The minimum atomic E-state index is -3.86. The Kier molecular flexibility index (Phi) is 6.66. The molecule has 2 aliphatic rings. The van der Waals surface area contributed by atoms with E-state index in [4.69, 9.17) is 9.47 Å². The van der Waals surface area contributed by atoms with Crippen LogP contribution in [0.3, 0.4) is 0 Å². The number of nitrogens with zero attached hydrogens (tertiary/aromatic N) is 2. The van der Waals surface area contributed by atoms with Crippen LogP contribution in [0.2, 0.25) is 0 Å². The molecule has 0 aromatic heterocycles. The molecule has 2 aliphatic heterocycles. The summed E-state index contributed by atoms with van der Waals surface area (Å²) in [5.41, 5.74) is -1.24. The molecule has 0 bridgehead atoms. The molecule has 13 heteroatoms. The third kappa shape index (κ3) is 4.80. The number of halogens is 2. The first kappa shape index (κ1) is 23.8. The second kappa shape index (κ2) is 9.50. The van der Waals surface area contributed by atoms with Crippen LogP contribution < -0.4 is 14.8 Å². The Labute approximate surface area is 193 Å². The Balaban J connectivity index is 1.43. The van der Waals surface area contributed by atoms with E-state index in [0.717, 1.165) is 0 Å². The normalized spacial score (nSPS) is 17.1. The molecule has 182 valence electrons. The lowest BCUT2D eigenvalue weighted by Crippen LogP contribution is -2.41. The first-order chi connectivity index (χ1) is 16.2. The molecule has 0 saturated carbocycles. The average Bonchev–Trinajstić information content (AvgIpc) is 3.06. The summed E-state index contributed by atoms with van der Waals surface area (Å²) in [5, 5.41) is 13.4. The zero-order valence-corrected chi connectivity index (χ0v) is 18.6. The molecule has 34 heavy (non-hydrogen) atoms. The summed E-state index contributed by atoms with van der Waals surface area (Å²) in [6.07, 6.45) is 0.972. The largest absolute Gasteiger partial charge is 0.490 e. The van der Waals surface area contributed by atoms with E-state index in [2.05, 4.69) is 5.32 Å². The van der Waals surface area contributed by atoms with Crippen molar-refractivity contribution in [3.8, 4) is 11.5 Å². The van der Waals surface area contributed by atoms with Crippen molar-refractivity contribution >= 4 is 27.3 Å². The SMILES string of the molecule is O=C(Nc1cc(F)c(F)cc1[N+](=O)[O-])C1CCN(S(=O)(=O)c2ccc3c(c2)OCCCO3)CC1. The van der Waals surface area contributed by atoms with Crippen molar-refractivity contribution in [1.29, 1.82) is 0 Å². The Hall–Kier alpha value is -3.32. The highest BCUT2D eigenvalue weighted by Crippen LogP contribution is 2.34. The standard InChI is InChI=1S/C21H21F2N3O7S/c22-15-11-17(18(26(28)29)12-16(15)23)24-21(27)13-4-6-25(7-5-13)34(30,31)14-2-3-19-20(10-14)33-9-1-8-32-19/h2-3,10-13H,1,4-9H2,(H,24,27). The van der Waals surface area contributed by atoms with Crippen molar-refractivity contribution in [3.63, 3.8) is 0 Å². The fourth-order valence-electron chi connectivity index (χ4n) is 3.83. The molecule has 2 aromatic carbocycles. The number of benzene rings is 2. The maximum atomic E-state index is 13.5. The molecule has 1 amide bonds. The predicted octanol–water partition coefficient (Wildman–Crippen LogP) is 3.07. The van der Waals surface area contributed by atoms with Gasteiger partial charge < -0.3 is 14.8 Å². The highest BCUT2D eigenvalue weighted by atomic mass is 32.2. The van der Waals surface area contributed by atoms with Gasteiger partial charge in [0.15, 0.2) is 23.1 Å². The number of ether oxygens (including phenoxy) is 2. The smallest absolute Gasteiger partial charge is 0.295 e. The molecule has 2 aromatic rings. The van der Waals surface area contributed by atoms with Crippen molar-refractivity contribution in [2.45, 2.75) is 24.2 Å². The maximum Gasteiger partial charge on any atom is 0.295 e. The van der Waals surface area contributed by atoms with Crippen molar-refractivity contribution in [1.82, 2.24) is 4.31 Å². The minimum absolute atomic E-state index is 0.0364. The van der Waals surface area contributed by atoms with Crippen LogP contribution in [0, 0.1) is 27.7 Å². The van der Waals surface area contributed by atoms with Gasteiger partial charge >= 0.3 is 0 Å². The summed E-state index contributed by atoms with van der Waals surface area (Å²) in [7, 11) is -3.86. The van der Waals surface area contributed by atoms with Gasteiger partial charge in [-0.1, -0.05) is 0 Å². The number of nitro benzene ring substituents is 1. The van der Waals surface area contributed by atoms with Crippen LogP contribution in [0.25, 0.3) is 0 Å². The molecule has 0 atom stereocenters. The number of nitro groups is 1. The van der Waals surface area contributed by atoms with Crippen LogP contribution in [0.4, 0.5) is 20.2 Å². The molecular weight excluding hydrogens is 476 g/mol. The summed E-state index contributed by atoms with van der Waals surface area (Å²) in [4.78, 5) is 22.8. The van der Waals surface area contributed by atoms with E-state index in [1.807, 2.05) is 0 Å². The topological polar surface area (TPSA) is 128 Å². The van der Waals surface area contributed by atoms with E-state index in [1.165, 1.54) is 16.4 Å². The Morgan fingerprint density at radius 1 is 1.06 bits per heavy atom. The van der Waals surface area contributed by atoms with Gasteiger partial charge in [0.2, 0.25) is 15.9 Å². The number of anilines is 1. The average molecular weight is 497 g/mol. The van der Waals surface area contributed by atoms with Gasteiger partial charge in [0, 0.05) is 37.6 Å². The number of carbonyl (C=O) groups excluding carboxylic acids is 1. The number of nitrogens with one attached hydrogen (secondary N) is 1. The Morgan fingerprint density at radius 3 is 2.38 bits per heavy atom. The van der Waals surface area contributed by atoms with E-state index in [9.17, 15) is 32.1 Å². The number of hydrogen-bond donors (Lipinski definition) is 1. The summed E-state index contributed by atoms with van der Waals surface area (Å²) >= 11 is 0. The highest BCUT2D eigenvalue weighted by molar-refractivity contribution is 7.89. The molecule has 0 radical (unpaired) electrons. The number of piperidine rings is 1. The fraction of sp³-hybridized carbons (Fsp3) is 0.381. The van der Waals surface area contributed by atoms with E-state index >= 15 is 0 Å². The highest BCUT2D eigenvalue weighted by Gasteiger charge is 2.33. The number of fused-ring (bicyclic) bond motifs is 1. The number of sulfonamides is 1. The molecule has 1 fully saturated rings. The molecule has 10 nitrogen and oxygen atoms in total. The molecule has 4 rings (SSSR count). The van der Waals surface area contributed by atoms with Gasteiger partial charge in [-0.15, -0.1) is 0 Å². The number of rotatable bonds is 5.